The first-order valence-corrected chi connectivity index (χ1v) is 9.15. The largest absolute Gasteiger partial charge is 0.573 e. The Balaban J connectivity index is 2.75. The maximum Gasteiger partial charge on any atom is 0.573 e. The van der Waals surface area contributed by atoms with Gasteiger partial charge in [0, 0.05) is 19.1 Å². The summed E-state index contributed by atoms with van der Waals surface area (Å²) >= 11 is 0. The molecule has 0 aliphatic heterocycles. The minimum Gasteiger partial charge on any atom is -0.406 e. The predicted molar refractivity (Wildman–Crippen MR) is 105 cm³/mol. The van der Waals surface area contributed by atoms with Crippen LogP contribution >= 0.6 is 0 Å². The molecule has 1 amide bonds. The van der Waals surface area contributed by atoms with Crippen LogP contribution in [0.1, 0.15) is 39.4 Å². The van der Waals surface area contributed by atoms with E-state index in [-0.39, 0.29) is 30.3 Å². The Hall–Kier alpha value is -2.49. The average Bonchev–Trinajstić information content (AvgIpc) is 2.55. The lowest BCUT2D eigenvalue weighted by molar-refractivity contribution is -0.274. The van der Waals surface area contributed by atoms with Gasteiger partial charge in [0.2, 0.25) is 5.91 Å². The lowest BCUT2D eigenvalue weighted by Crippen LogP contribution is -2.48. The number of carbonyl (C=O) groups is 1. The number of nitrogens with zero attached hydrogens (tertiary/aromatic N) is 2. The molecule has 0 saturated carbocycles. The fourth-order valence-corrected chi connectivity index (χ4v) is 2.39. The van der Waals surface area contributed by atoms with Crippen molar-refractivity contribution in [1.82, 2.24) is 15.5 Å². The third-order valence-electron chi connectivity index (χ3n) is 3.50. The lowest BCUT2D eigenvalue weighted by Gasteiger charge is -2.25. The van der Waals surface area contributed by atoms with Gasteiger partial charge in [0.1, 0.15) is 5.75 Å². The SMILES string of the molecule is CCNC(=NCC(O)c1ccc(OC(F)(F)F)cc1)N(C)CC(=O)NC(C)(C)C. The molecule has 0 heterocycles. The van der Waals surface area contributed by atoms with Crippen molar-refractivity contribution >= 4 is 11.9 Å². The molecule has 1 aromatic carbocycles. The van der Waals surface area contributed by atoms with Crippen LogP contribution in [0, 0.1) is 0 Å². The number of halogens is 3. The molecule has 1 aromatic rings. The van der Waals surface area contributed by atoms with E-state index in [2.05, 4.69) is 20.4 Å². The smallest absolute Gasteiger partial charge is 0.406 e. The molecule has 1 unspecified atom stereocenters. The van der Waals surface area contributed by atoms with Crippen molar-refractivity contribution in [2.45, 2.75) is 45.7 Å². The van der Waals surface area contributed by atoms with Gasteiger partial charge in [-0.3, -0.25) is 9.79 Å². The molecular formula is C19H29F3N4O3. The normalized spacial score (nSPS) is 13.6. The number of likely N-dealkylation sites (N-methyl/N-ethyl adjacent to an activating group) is 1. The molecule has 0 aliphatic carbocycles. The van der Waals surface area contributed by atoms with Crippen LogP contribution in [-0.2, 0) is 4.79 Å². The third-order valence-corrected chi connectivity index (χ3v) is 3.50. The highest BCUT2D eigenvalue weighted by Gasteiger charge is 2.31. The van der Waals surface area contributed by atoms with Crippen molar-refractivity contribution in [1.29, 1.82) is 0 Å². The van der Waals surface area contributed by atoms with E-state index in [0.717, 1.165) is 12.1 Å². The molecule has 0 radical (unpaired) electrons. The lowest BCUT2D eigenvalue weighted by atomic mass is 10.1. The van der Waals surface area contributed by atoms with E-state index < -0.39 is 12.5 Å². The zero-order valence-corrected chi connectivity index (χ0v) is 17.3. The number of aliphatic imine (C=N–C) groups is 1. The van der Waals surface area contributed by atoms with Crippen LogP contribution in [0.25, 0.3) is 0 Å². The van der Waals surface area contributed by atoms with Crippen LogP contribution in [-0.4, -0.2) is 60.5 Å². The fourth-order valence-electron chi connectivity index (χ4n) is 2.39. The molecule has 0 fully saturated rings. The Labute approximate surface area is 168 Å². The van der Waals surface area contributed by atoms with E-state index in [0.29, 0.717) is 18.1 Å². The summed E-state index contributed by atoms with van der Waals surface area (Å²) in [5.74, 6) is -0.117. The predicted octanol–water partition coefficient (Wildman–Crippen LogP) is 2.43. The van der Waals surface area contributed by atoms with Gasteiger partial charge in [-0.25, -0.2) is 0 Å². The van der Waals surface area contributed by atoms with E-state index in [1.807, 2.05) is 27.7 Å². The first kappa shape index (κ1) is 24.5. The summed E-state index contributed by atoms with van der Waals surface area (Å²) < 4.78 is 40.4. The number of hydrogen-bond donors (Lipinski definition) is 3. The number of amides is 1. The number of benzene rings is 1. The maximum atomic E-state index is 12.2. The van der Waals surface area contributed by atoms with E-state index in [9.17, 15) is 23.1 Å². The van der Waals surface area contributed by atoms with E-state index >= 15 is 0 Å². The zero-order chi connectivity index (χ0) is 22.2. The van der Waals surface area contributed by atoms with Gasteiger partial charge in [-0.05, 0) is 45.4 Å². The molecule has 10 heteroatoms. The second kappa shape index (κ2) is 10.3. The molecule has 0 aromatic heterocycles. The average molecular weight is 418 g/mol. The second-order valence-corrected chi connectivity index (χ2v) is 7.48. The van der Waals surface area contributed by atoms with Gasteiger partial charge in [0.25, 0.3) is 0 Å². The maximum absolute atomic E-state index is 12.2. The summed E-state index contributed by atoms with van der Waals surface area (Å²) in [6.45, 7) is 8.11. The third kappa shape index (κ3) is 10.0. The van der Waals surface area contributed by atoms with Crippen molar-refractivity contribution < 1.29 is 27.8 Å². The Morgan fingerprint density at radius 2 is 1.83 bits per heavy atom. The quantitative estimate of drug-likeness (QED) is 0.468. The molecule has 1 rings (SSSR count). The van der Waals surface area contributed by atoms with Crippen molar-refractivity contribution in [3.05, 3.63) is 29.8 Å². The van der Waals surface area contributed by atoms with Gasteiger partial charge in [-0.1, -0.05) is 12.1 Å². The highest BCUT2D eigenvalue weighted by Crippen LogP contribution is 2.24. The van der Waals surface area contributed by atoms with Crippen LogP contribution in [0.2, 0.25) is 0 Å². The molecule has 3 N–H and O–H groups in total. The first-order valence-electron chi connectivity index (χ1n) is 9.15. The Morgan fingerprint density at radius 3 is 2.31 bits per heavy atom. The van der Waals surface area contributed by atoms with Crippen LogP contribution in [0.3, 0.4) is 0 Å². The summed E-state index contributed by atoms with van der Waals surface area (Å²) in [6, 6.07) is 4.94. The van der Waals surface area contributed by atoms with Gasteiger partial charge in [0.05, 0.1) is 19.2 Å². The van der Waals surface area contributed by atoms with Crippen LogP contribution < -0.4 is 15.4 Å². The number of ether oxygens (including phenoxy) is 1. The molecule has 0 aliphatic rings. The van der Waals surface area contributed by atoms with Gasteiger partial charge in [-0.15, -0.1) is 13.2 Å². The highest BCUT2D eigenvalue weighted by molar-refractivity contribution is 5.86. The Bertz CT molecular complexity index is 685. The standard InChI is InChI=1S/C19H29F3N4O3/c1-6-23-17(26(5)12-16(28)25-18(2,3)4)24-11-15(27)13-7-9-14(10-8-13)29-19(20,21)22/h7-10,15,27H,6,11-12H2,1-5H3,(H,23,24)(H,25,28). The molecule has 0 spiro atoms. The van der Waals surface area contributed by atoms with Gasteiger partial charge >= 0.3 is 6.36 Å². The fraction of sp³-hybridized carbons (Fsp3) is 0.579. The van der Waals surface area contributed by atoms with E-state index in [4.69, 9.17) is 0 Å². The van der Waals surface area contributed by atoms with Gasteiger partial charge in [-0.2, -0.15) is 0 Å². The number of alkyl halides is 3. The van der Waals surface area contributed by atoms with Gasteiger partial charge in [0.15, 0.2) is 5.96 Å². The number of guanidine groups is 1. The number of rotatable bonds is 7. The second-order valence-electron chi connectivity index (χ2n) is 7.48. The van der Waals surface area contributed by atoms with Crippen LogP contribution in [0.5, 0.6) is 5.75 Å². The van der Waals surface area contributed by atoms with Crippen LogP contribution in [0.4, 0.5) is 13.2 Å². The molecular weight excluding hydrogens is 389 g/mol. The van der Waals surface area contributed by atoms with E-state index in [1.165, 1.54) is 12.1 Å². The molecule has 0 bridgehead atoms. The molecule has 164 valence electrons. The van der Waals surface area contributed by atoms with Gasteiger partial charge < -0.3 is 25.4 Å². The topological polar surface area (TPSA) is 86.2 Å². The van der Waals surface area contributed by atoms with Crippen molar-refractivity contribution in [3.8, 4) is 5.75 Å². The molecule has 1 atom stereocenters. The molecule has 7 nitrogen and oxygen atoms in total. The van der Waals surface area contributed by atoms with Crippen molar-refractivity contribution in [2.24, 2.45) is 4.99 Å². The molecule has 0 saturated heterocycles. The summed E-state index contributed by atoms with van der Waals surface area (Å²) in [5.41, 5.74) is 0.0400. The summed E-state index contributed by atoms with van der Waals surface area (Å²) in [5, 5.41) is 16.2. The monoisotopic (exact) mass is 418 g/mol. The summed E-state index contributed by atoms with van der Waals surface area (Å²) in [6.07, 6.45) is -5.80. The van der Waals surface area contributed by atoms with Crippen molar-refractivity contribution in [3.63, 3.8) is 0 Å². The number of aliphatic hydroxyl groups excluding tert-OH is 1. The van der Waals surface area contributed by atoms with Crippen LogP contribution in [0.15, 0.2) is 29.3 Å². The number of carbonyl (C=O) groups excluding carboxylic acids is 1. The minimum atomic E-state index is -4.77. The number of hydrogen-bond acceptors (Lipinski definition) is 4. The zero-order valence-electron chi connectivity index (χ0n) is 17.3. The molecule has 29 heavy (non-hydrogen) atoms. The number of aliphatic hydroxyl groups is 1. The van der Waals surface area contributed by atoms with Crippen molar-refractivity contribution in [2.75, 3.05) is 26.7 Å². The summed E-state index contributed by atoms with van der Waals surface area (Å²) in [7, 11) is 1.69. The Kier molecular flexibility index (Phi) is 8.75. The minimum absolute atomic E-state index is 0.0347. The highest BCUT2D eigenvalue weighted by atomic mass is 19.4. The Morgan fingerprint density at radius 1 is 1.24 bits per heavy atom. The number of nitrogens with one attached hydrogen (secondary N) is 2. The summed E-state index contributed by atoms with van der Waals surface area (Å²) in [4.78, 5) is 18.0. The van der Waals surface area contributed by atoms with E-state index in [1.54, 1.807) is 11.9 Å². The first-order chi connectivity index (χ1) is 13.3.